The number of halogens is 2. The molecule has 0 saturated carbocycles. The van der Waals surface area contributed by atoms with Crippen LogP contribution in [0.25, 0.3) is 5.76 Å². The van der Waals surface area contributed by atoms with Crippen LogP contribution in [0.3, 0.4) is 0 Å². The lowest BCUT2D eigenvalue weighted by atomic mass is 9.94. The van der Waals surface area contributed by atoms with Gasteiger partial charge in [-0.15, -0.1) is 0 Å². The van der Waals surface area contributed by atoms with Crippen molar-refractivity contribution in [1.29, 1.82) is 0 Å². The van der Waals surface area contributed by atoms with Gasteiger partial charge in [0.25, 0.3) is 11.7 Å². The second-order valence-corrected chi connectivity index (χ2v) is 7.40. The monoisotopic (exact) mass is 421 g/mol. The topological polar surface area (TPSA) is 57.6 Å². The quantitative estimate of drug-likeness (QED) is 0.349. The van der Waals surface area contributed by atoms with Gasteiger partial charge in [0.15, 0.2) is 0 Å². The minimum atomic E-state index is -1.13. The molecule has 150 valence electrons. The fraction of sp³-hybridized carbons (Fsp3) is 0.0833. The predicted octanol–water partition coefficient (Wildman–Crippen LogP) is 5.41. The van der Waals surface area contributed by atoms with Crippen LogP contribution in [0.2, 0.25) is 5.02 Å². The highest BCUT2D eigenvalue weighted by Gasteiger charge is 2.47. The number of ketones is 1. The van der Waals surface area contributed by atoms with Crippen LogP contribution in [0.4, 0.5) is 10.1 Å². The van der Waals surface area contributed by atoms with Crippen molar-refractivity contribution in [3.8, 4) is 0 Å². The number of rotatable bonds is 3. The molecule has 1 unspecified atom stereocenters. The first-order valence-corrected chi connectivity index (χ1v) is 9.65. The first kappa shape index (κ1) is 19.9. The van der Waals surface area contributed by atoms with E-state index in [1.807, 2.05) is 6.92 Å². The molecule has 0 radical (unpaired) electrons. The summed E-state index contributed by atoms with van der Waals surface area (Å²) in [5.74, 6) is -2.70. The Morgan fingerprint density at radius 3 is 2.33 bits per heavy atom. The first-order chi connectivity index (χ1) is 14.4. The molecule has 1 aliphatic rings. The van der Waals surface area contributed by atoms with Crippen LogP contribution in [-0.4, -0.2) is 16.8 Å². The van der Waals surface area contributed by atoms with Crippen molar-refractivity contribution in [2.75, 3.05) is 4.90 Å². The summed E-state index contributed by atoms with van der Waals surface area (Å²) in [7, 11) is 0. The molecule has 1 saturated heterocycles. The number of hydrogen-bond acceptors (Lipinski definition) is 3. The van der Waals surface area contributed by atoms with E-state index < -0.39 is 23.5 Å². The summed E-state index contributed by atoms with van der Waals surface area (Å²) in [5.41, 5.74) is 1.43. The largest absolute Gasteiger partial charge is 0.507 e. The standard InChI is InChI=1S/C24H17ClFNO3/c1-14-11-12-16(13-18(14)25)27-21(17-9-5-6-10-19(17)26)20(23(29)24(27)30)22(28)15-7-3-2-4-8-15/h2-13,21,28H,1H3/b22-20+. The zero-order valence-electron chi connectivity index (χ0n) is 16.0. The maximum Gasteiger partial charge on any atom is 0.300 e. The van der Waals surface area contributed by atoms with Gasteiger partial charge < -0.3 is 5.11 Å². The average Bonchev–Trinajstić information content (AvgIpc) is 3.01. The normalized spacial score (nSPS) is 18.1. The number of amides is 1. The fourth-order valence-corrected chi connectivity index (χ4v) is 3.75. The minimum absolute atomic E-state index is 0.103. The molecule has 1 N–H and O–H groups in total. The molecule has 1 fully saturated rings. The number of nitrogens with zero attached hydrogens (tertiary/aromatic N) is 1. The molecule has 30 heavy (non-hydrogen) atoms. The van der Waals surface area contributed by atoms with E-state index in [-0.39, 0.29) is 16.9 Å². The van der Waals surface area contributed by atoms with E-state index in [0.717, 1.165) is 5.56 Å². The molecule has 0 aromatic heterocycles. The molecular weight excluding hydrogens is 405 g/mol. The third-order valence-electron chi connectivity index (χ3n) is 5.13. The summed E-state index contributed by atoms with van der Waals surface area (Å²) in [4.78, 5) is 27.2. The molecule has 0 aliphatic carbocycles. The molecule has 1 heterocycles. The lowest BCUT2D eigenvalue weighted by Gasteiger charge is -2.26. The van der Waals surface area contributed by atoms with Crippen molar-refractivity contribution in [3.05, 3.63) is 106 Å². The maximum absolute atomic E-state index is 14.8. The number of aliphatic hydroxyl groups is 1. The smallest absolute Gasteiger partial charge is 0.300 e. The van der Waals surface area contributed by atoms with Gasteiger partial charge in [-0.1, -0.05) is 66.2 Å². The van der Waals surface area contributed by atoms with Crippen molar-refractivity contribution in [3.63, 3.8) is 0 Å². The van der Waals surface area contributed by atoms with E-state index >= 15 is 0 Å². The van der Waals surface area contributed by atoms with Gasteiger partial charge in [-0.25, -0.2) is 4.39 Å². The summed E-state index contributed by atoms with van der Waals surface area (Å²) < 4.78 is 14.8. The van der Waals surface area contributed by atoms with Crippen LogP contribution in [0.15, 0.2) is 78.4 Å². The Morgan fingerprint density at radius 1 is 1.00 bits per heavy atom. The van der Waals surface area contributed by atoms with Crippen LogP contribution in [-0.2, 0) is 9.59 Å². The van der Waals surface area contributed by atoms with Crippen LogP contribution in [0.1, 0.15) is 22.7 Å². The summed E-state index contributed by atoms with van der Waals surface area (Å²) in [5, 5.41) is 11.3. The van der Waals surface area contributed by atoms with Gasteiger partial charge in [-0.05, 0) is 30.7 Å². The van der Waals surface area contributed by atoms with E-state index in [1.54, 1.807) is 54.6 Å². The van der Waals surface area contributed by atoms with Crippen molar-refractivity contribution in [2.45, 2.75) is 13.0 Å². The van der Waals surface area contributed by atoms with Gasteiger partial charge in [-0.3, -0.25) is 14.5 Å². The van der Waals surface area contributed by atoms with Crippen molar-refractivity contribution in [2.24, 2.45) is 0 Å². The minimum Gasteiger partial charge on any atom is -0.507 e. The van der Waals surface area contributed by atoms with Gasteiger partial charge in [-0.2, -0.15) is 0 Å². The van der Waals surface area contributed by atoms with E-state index in [0.29, 0.717) is 16.3 Å². The third-order valence-corrected chi connectivity index (χ3v) is 5.53. The zero-order valence-corrected chi connectivity index (χ0v) is 16.7. The molecule has 0 spiro atoms. The van der Waals surface area contributed by atoms with Crippen LogP contribution in [0, 0.1) is 12.7 Å². The van der Waals surface area contributed by atoms with E-state index in [2.05, 4.69) is 0 Å². The summed E-state index contributed by atoms with van der Waals surface area (Å²) >= 11 is 6.24. The molecule has 1 aliphatic heterocycles. The second kappa shape index (κ2) is 7.76. The van der Waals surface area contributed by atoms with E-state index in [1.165, 1.54) is 23.1 Å². The highest BCUT2D eigenvalue weighted by Crippen LogP contribution is 2.43. The van der Waals surface area contributed by atoms with Gasteiger partial charge in [0, 0.05) is 21.8 Å². The SMILES string of the molecule is Cc1ccc(N2C(=O)C(=O)/C(=C(/O)c3ccccc3)C2c2ccccc2F)cc1Cl. The average molecular weight is 422 g/mol. The third kappa shape index (κ3) is 3.27. The van der Waals surface area contributed by atoms with Crippen molar-refractivity contribution >= 4 is 34.7 Å². The Bertz CT molecular complexity index is 1190. The van der Waals surface area contributed by atoms with Crippen LogP contribution >= 0.6 is 11.6 Å². The number of carbonyl (C=O) groups is 2. The summed E-state index contributed by atoms with van der Waals surface area (Å²) in [6.45, 7) is 1.81. The second-order valence-electron chi connectivity index (χ2n) is 6.99. The Morgan fingerprint density at radius 2 is 1.67 bits per heavy atom. The number of carbonyl (C=O) groups excluding carboxylic acids is 2. The molecule has 4 nitrogen and oxygen atoms in total. The van der Waals surface area contributed by atoms with Crippen molar-refractivity contribution in [1.82, 2.24) is 0 Å². The molecule has 1 atom stereocenters. The Kier molecular flexibility index (Phi) is 5.14. The highest BCUT2D eigenvalue weighted by molar-refractivity contribution is 6.51. The lowest BCUT2D eigenvalue weighted by Crippen LogP contribution is -2.29. The molecule has 3 aromatic rings. The molecular formula is C24H17ClFNO3. The van der Waals surface area contributed by atoms with Crippen LogP contribution < -0.4 is 4.90 Å². The maximum atomic E-state index is 14.8. The summed E-state index contributed by atoms with van der Waals surface area (Å²) in [6.07, 6.45) is 0. The number of aliphatic hydroxyl groups excluding tert-OH is 1. The molecule has 3 aromatic carbocycles. The van der Waals surface area contributed by atoms with Gasteiger partial charge in [0.2, 0.25) is 0 Å². The number of anilines is 1. The highest BCUT2D eigenvalue weighted by atomic mass is 35.5. The Balaban J connectivity index is 1.99. The zero-order chi connectivity index (χ0) is 21.4. The predicted molar refractivity (Wildman–Crippen MR) is 114 cm³/mol. The Labute approximate surface area is 177 Å². The van der Waals surface area contributed by atoms with Gasteiger partial charge in [0.05, 0.1) is 11.6 Å². The van der Waals surface area contributed by atoms with E-state index in [4.69, 9.17) is 11.6 Å². The number of hydrogen-bond donors (Lipinski definition) is 1. The number of aryl methyl sites for hydroxylation is 1. The number of Topliss-reactive ketones (excluding diaryl/α,β-unsaturated/α-hetero) is 1. The lowest BCUT2D eigenvalue weighted by molar-refractivity contribution is -0.132. The summed E-state index contributed by atoms with van der Waals surface area (Å²) in [6, 6.07) is 18.0. The van der Waals surface area contributed by atoms with Gasteiger partial charge >= 0.3 is 0 Å². The molecule has 0 bridgehead atoms. The molecule has 4 rings (SSSR count). The van der Waals surface area contributed by atoms with Crippen molar-refractivity contribution < 1.29 is 19.1 Å². The Hall–Kier alpha value is -3.44. The van der Waals surface area contributed by atoms with Gasteiger partial charge in [0.1, 0.15) is 11.6 Å². The number of benzene rings is 3. The molecule has 1 amide bonds. The van der Waals surface area contributed by atoms with E-state index in [9.17, 15) is 19.1 Å². The molecule has 6 heteroatoms. The van der Waals surface area contributed by atoms with Crippen LogP contribution in [0.5, 0.6) is 0 Å². The fourth-order valence-electron chi connectivity index (χ4n) is 3.57. The first-order valence-electron chi connectivity index (χ1n) is 9.27.